The van der Waals surface area contributed by atoms with Crippen molar-refractivity contribution >= 4 is 25.8 Å². The lowest BCUT2D eigenvalue weighted by Crippen LogP contribution is -2.11. The lowest BCUT2D eigenvalue weighted by atomic mass is 10.3. The van der Waals surface area contributed by atoms with Gasteiger partial charge in [-0.05, 0) is 34.1 Å². The molecule has 0 aliphatic rings. The number of sulfone groups is 1. The molecule has 0 amide bonds. The van der Waals surface area contributed by atoms with Gasteiger partial charge in [0.15, 0.2) is 9.84 Å². The van der Waals surface area contributed by atoms with Crippen LogP contribution in [0.25, 0.3) is 0 Å². The van der Waals surface area contributed by atoms with E-state index in [0.717, 1.165) is 6.07 Å². The van der Waals surface area contributed by atoms with Gasteiger partial charge >= 0.3 is 6.18 Å². The summed E-state index contributed by atoms with van der Waals surface area (Å²) in [5, 5.41) is 9.63. The highest BCUT2D eigenvalue weighted by Gasteiger charge is 2.32. The van der Waals surface area contributed by atoms with Crippen LogP contribution in [0, 0.1) is 0 Å². The van der Waals surface area contributed by atoms with Crippen LogP contribution in [-0.2, 0) is 21.8 Å². The summed E-state index contributed by atoms with van der Waals surface area (Å²) >= 11 is 3.06. The number of hydrogen-bond acceptors (Lipinski definition) is 5. The summed E-state index contributed by atoms with van der Waals surface area (Å²) in [7, 11) is -3.98. The minimum atomic E-state index is -4.65. The van der Waals surface area contributed by atoms with E-state index in [1.165, 1.54) is 12.3 Å². The molecular formula is C12H8BrF3N2O3S. The van der Waals surface area contributed by atoms with Crippen molar-refractivity contribution in [3.8, 4) is 5.75 Å². The molecule has 2 rings (SSSR count). The number of aromatic nitrogens is 2. The molecule has 0 bridgehead atoms. The Morgan fingerprint density at radius 2 is 1.86 bits per heavy atom. The zero-order valence-electron chi connectivity index (χ0n) is 10.7. The van der Waals surface area contributed by atoms with Crippen LogP contribution in [0.15, 0.2) is 40.0 Å². The van der Waals surface area contributed by atoms with Gasteiger partial charge < -0.3 is 5.11 Å². The molecule has 0 aliphatic heterocycles. The maximum Gasteiger partial charge on any atom is 0.433 e. The Kier molecular flexibility index (Phi) is 4.43. The van der Waals surface area contributed by atoms with Gasteiger partial charge in [-0.15, -0.1) is 0 Å². The normalized spacial score (nSPS) is 12.4. The van der Waals surface area contributed by atoms with Gasteiger partial charge in [-0.2, -0.15) is 13.2 Å². The molecule has 0 radical (unpaired) electrons. The lowest BCUT2D eigenvalue weighted by Gasteiger charge is -2.08. The predicted octanol–water partition coefficient (Wildman–Crippen LogP) is 2.94. The van der Waals surface area contributed by atoms with Crippen molar-refractivity contribution in [2.24, 2.45) is 0 Å². The molecule has 0 aromatic carbocycles. The quantitative estimate of drug-likeness (QED) is 0.862. The molecule has 118 valence electrons. The number of nitrogens with zero attached hydrogens (tertiary/aromatic N) is 2. The van der Waals surface area contributed by atoms with Crippen molar-refractivity contribution in [1.82, 2.24) is 9.97 Å². The average Bonchev–Trinajstić information content (AvgIpc) is 2.41. The fraction of sp³-hybridized carbons (Fsp3) is 0.167. The Hall–Kier alpha value is -1.68. The van der Waals surface area contributed by atoms with E-state index in [4.69, 9.17) is 0 Å². The van der Waals surface area contributed by atoms with Gasteiger partial charge in [0, 0.05) is 16.9 Å². The number of pyridine rings is 2. The summed E-state index contributed by atoms with van der Waals surface area (Å²) in [6.45, 7) is 0. The molecule has 5 nitrogen and oxygen atoms in total. The second kappa shape index (κ2) is 5.84. The Morgan fingerprint density at radius 3 is 2.36 bits per heavy atom. The third kappa shape index (κ3) is 3.74. The zero-order chi connectivity index (χ0) is 16.5. The first-order valence-electron chi connectivity index (χ1n) is 5.69. The van der Waals surface area contributed by atoms with Crippen LogP contribution in [0.1, 0.15) is 11.4 Å². The Balaban J connectivity index is 2.31. The number of halogens is 4. The van der Waals surface area contributed by atoms with E-state index in [9.17, 15) is 26.7 Å². The fourth-order valence-electron chi connectivity index (χ4n) is 1.56. The van der Waals surface area contributed by atoms with Crippen molar-refractivity contribution in [3.63, 3.8) is 0 Å². The summed E-state index contributed by atoms with van der Waals surface area (Å²) < 4.78 is 61.9. The molecule has 0 spiro atoms. The topological polar surface area (TPSA) is 80.2 Å². The van der Waals surface area contributed by atoms with Crippen molar-refractivity contribution in [3.05, 3.63) is 46.5 Å². The van der Waals surface area contributed by atoms with Crippen LogP contribution in [-0.4, -0.2) is 23.5 Å². The standard InChI is InChI=1S/C12H8BrF3N2O3S/c13-7-3-10(19)9(17-4-7)6-22(20,21)8-1-2-11(18-5-8)12(14,15)16/h1-5,19H,6H2. The van der Waals surface area contributed by atoms with Crippen LogP contribution < -0.4 is 0 Å². The van der Waals surface area contributed by atoms with E-state index in [1.807, 2.05) is 0 Å². The van der Waals surface area contributed by atoms with Gasteiger partial charge in [-0.25, -0.2) is 8.42 Å². The smallest absolute Gasteiger partial charge is 0.433 e. The van der Waals surface area contributed by atoms with Crippen molar-refractivity contribution < 1.29 is 26.7 Å². The van der Waals surface area contributed by atoms with Gasteiger partial charge in [0.25, 0.3) is 0 Å². The van der Waals surface area contributed by atoms with Crippen LogP contribution in [0.2, 0.25) is 0 Å². The van der Waals surface area contributed by atoms with Crippen molar-refractivity contribution in [2.45, 2.75) is 16.8 Å². The summed E-state index contributed by atoms with van der Waals surface area (Å²) in [6, 6.07) is 2.67. The summed E-state index contributed by atoms with van der Waals surface area (Å²) in [6.07, 6.45) is -2.71. The molecule has 10 heteroatoms. The SMILES string of the molecule is O=S(=O)(Cc1ncc(Br)cc1O)c1ccc(C(F)(F)F)nc1. The van der Waals surface area contributed by atoms with Crippen LogP contribution in [0.3, 0.4) is 0 Å². The van der Waals surface area contributed by atoms with E-state index in [-0.39, 0.29) is 16.3 Å². The molecule has 1 N–H and O–H groups in total. The molecule has 2 aromatic heterocycles. The van der Waals surface area contributed by atoms with Crippen LogP contribution in [0.5, 0.6) is 5.75 Å². The van der Waals surface area contributed by atoms with E-state index >= 15 is 0 Å². The summed E-state index contributed by atoms with van der Waals surface area (Å²) in [5.41, 5.74) is -1.29. The van der Waals surface area contributed by atoms with Crippen LogP contribution in [0.4, 0.5) is 13.2 Å². The maximum atomic E-state index is 12.4. The summed E-state index contributed by atoms with van der Waals surface area (Å²) in [4.78, 5) is 6.48. The van der Waals surface area contributed by atoms with E-state index in [2.05, 4.69) is 25.9 Å². The van der Waals surface area contributed by atoms with Crippen molar-refractivity contribution in [2.75, 3.05) is 0 Å². The number of hydrogen-bond donors (Lipinski definition) is 1. The Labute approximate surface area is 131 Å². The largest absolute Gasteiger partial charge is 0.506 e. The highest BCUT2D eigenvalue weighted by atomic mass is 79.9. The molecule has 0 fully saturated rings. The maximum absolute atomic E-state index is 12.4. The highest BCUT2D eigenvalue weighted by molar-refractivity contribution is 9.10. The van der Waals surface area contributed by atoms with Crippen molar-refractivity contribution in [1.29, 1.82) is 0 Å². The minimum Gasteiger partial charge on any atom is -0.506 e. The Bertz CT molecular complexity index is 792. The third-order valence-electron chi connectivity index (χ3n) is 2.63. The first-order valence-corrected chi connectivity index (χ1v) is 8.13. The Morgan fingerprint density at radius 1 is 1.18 bits per heavy atom. The first kappa shape index (κ1) is 16.7. The number of alkyl halides is 3. The molecule has 2 heterocycles. The number of rotatable bonds is 3. The highest BCUT2D eigenvalue weighted by Crippen LogP contribution is 2.29. The van der Waals surface area contributed by atoms with Gasteiger partial charge in [-0.1, -0.05) is 0 Å². The van der Waals surface area contributed by atoms with Gasteiger partial charge in [-0.3, -0.25) is 9.97 Å². The second-order valence-electron chi connectivity index (χ2n) is 4.26. The third-order valence-corrected chi connectivity index (χ3v) is 4.67. The summed E-state index contributed by atoms with van der Waals surface area (Å²) in [5.74, 6) is -0.989. The molecular weight excluding hydrogens is 389 g/mol. The number of aromatic hydroxyl groups is 1. The predicted molar refractivity (Wildman–Crippen MR) is 73.7 cm³/mol. The fourth-order valence-corrected chi connectivity index (χ4v) is 3.12. The minimum absolute atomic E-state index is 0.108. The molecule has 22 heavy (non-hydrogen) atoms. The molecule has 0 atom stereocenters. The van der Waals surface area contributed by atoms with Gasteiger partial charge in [0.05, 0.1) is 10.6 Å². The van der Waals surface area contributed by atoms with Gasteiger partial charge in [0.1, 0.15) is 17.2 Å². The average molecular weight is 397 g/mol. The monoisotopic (exact) mass is 396 g/mol. The molecule has 0 unspecified atom stereocenters. The lowest BCUT2D eigenvalue weighted by molar-refractivity contribution is -0.141. The molecule has 0 saturated heterocycles. The van der Waals surface area contributed by atoms with Gasteiger partial charge in [0.2, 0.25) is 0 Å². The molecule has 0 saturated carbocycles. The van der Waals surface area contributed by atoms with E-state index in [0.29, 0.717) is 16.7 Å². The van der Waals surface area contributed by atoms with E-state index < -0.39 is 27.5 Å². The first-order chi connectivity index (χ1) is 10.1. The zero-order valence-corrected chi connectivity index (χ0v) is 13.1. The molecule has 2 aromatic rings. The molecule has 0 aliphatic carbocycles. The van der Waals surface area contributed by atoms with E-state index in [1.54, 1.807) is 0 Å². The van der Waals surface area contributed by atoms with Crippen LogP contribution >= 0.6 is 15.9 Å². The second-order valence-corrected chi connectivity index (χ2v) is 7.16.